The minimum absolute atomic E-state index is 0.0122. The second kappa shape index (κ2) is 6.21. The highest BCUT2D eigenvalue weighted by molar-refractivity contribution is 5.71. The van der Waals surface area contributed by atoms with E-state index < -0.39 is 0 Å². The maximum absolute atomic E-state index is 11.5. The SMILES string of the molecule is CCN1CCN(CC(=O)OC(C)C)CC1C. The zero-order valence-corrected chi connectivity index (χ0v) is 10.9. The molecular formula is C12H24N2O2. The zero-order chi connectivity index (χ0) is 12.1. The number of hydrogen-bond acceptors (Lipinski definition) is 4. The molecule has 0 aromatic heterocycles. The Morgan fingerprint density at radius 2 is 2.12 bits per heavy atom. The van der Waals surface area contributed by atoms with Gasteiger partial charge in [0.05, 0.1) is 12.6 Å². The molecule has 1 atom stereocenters. The average molecular weight is 228 g/mol. The minimum Gasteiger partial charge on any atom is -0.462 e. The van der Waals surface area contributed by atoms with E-state index in [0.29, 0.717) is 12.6 Å². The van der Waals surface area contributed by atoms with Gasteiger partial charge in [-0.2, -0.15) is 0 Å². The van der Waals surface area contributed by atoms with Gasteiger partial charge in [-0.15, -0.1) is 0 Å². The van der Waals surface area contributed by atoms with Crippen molar-refractivity contribution in [3.8, 4) is 0 Å². The molecule has 0 amide bonds. The monoisotopic (exact) mass is 228 g/mol. The lowest BCUT2D eigenvalue weighted by Gasteiger charge is -2.38. The number of rotatable bonds is 4. The molecule has 1 aliphatic rings. The fourth-order valence-corrected chi connectivity index (χ4v) is 2.17. The topological polar surface area (TPSA) is 32.8 Å². The smallest absolute Gasteiger partial charge is 0.320 e. The Morgan fingerprint density at radius 1 is 1.44 bits per heavy atom. The Kier molecular flexibility index (Phi) is 5.22. The van der Waals surface area contributed by atoms with E-state index in [9.17, 15) is 4.79 Å². The molecule has 0 radical (unpaired) electrons. The Morgan fingerprint density at radius 3 is 2.62 bits per heavy atom. The molecule has 1 rings (SSSR count). The van der Waals surface area contributed by atoms with Crippen LogP contribution in [0.15, 0.2) is 0 Å². The highest BCUT2D eigenvalue weighted by Crippen LogP contribution is 2.08. The van der Waals surface area contributed by atoms with Crippen molar-refractivity contribution < 1.29 is 9.53 Å². The summed E-state index contributed by atoms with van der Waals surface area (Å²) in [6.07, 6.45) is -0.0122. The predicted octanol–water partition coefficient (Wildman–Crippen LogP) is 0.964. The Hall–Kier alpha value is -0.610. The largest absolute Gasteiger partial charge is 0.462 e. The number of piperazine rings is 1. The molecule has 0 aromatic carbocycles. The van der Waals surface area contributed by atoms with E-state index in [1.165, 1.54) is 0 Å². The highest BCUT2D eigenvalue weighted by Gasteiger charge is 2.24. The van der Waals surface area contributed by atoms with Crippen molar-refractivity contribution in [2.45, 2.75) is 39.8 Å². The number of esters is 1. The zero-order valence-electron chi connectivity index (χ0n) is 10.9. The van der Waals surface area contributed by atoms with Crippen LogP contribution in [0, 0.1) is 0 Å². The lowest BCUT2D eigenvalue weighted by molar-refractivity contribution is -0.149. The molecule has 0 N–H and O–H groups in total. The fourth-order valence-electron chi connectivity index (χ4n) is 2.17. The van der Waals surface area contributed by atoms with Crippen molar-refractivity contribution in [1.82, 2.24) is 9.80 Å². The quantitative estimate of drug-likeness (QED) is 0.671. The second-order valence-electron chi connectivity index (χ2n) is 4.75. The van der Waals surface area contributed by atoms with E-state index in [-0.39, 0.29) is 12.1 Å². The van der Waals surface area contributed by atoms with Crippen LogP contribution < -0.4 is 0 Å². The molecule has 16 heavy (non-hydrogen) atoms. The van der Waals surface area contributed by atoms with Gasteiger partial charge < -0.3 is 4.74 Å². The minimum atomic E-state index is -0.104. The molecule has 0 spiro atoms. The molecular weight excluding hydrogens is 204 g/mol. The first-order valence-electron chi connectivity index (χ1n) is 6.18. The van der Waals surface area contributed by atoms with Crippen LogP contribution in [-0.2, 0) is 9.53 Å². The first-order valence-corrected chi connectivity index (χ1v) is 6.18. The van der Waals surface area contributed by atoms with Crippen LogP contribution in [0.5, 0.6) is 0 Å². The standard InChI is InChI=1S/C12H24N2O2/c1-5-14-7-6-13(8-11(14)4)9-12(15)16-10(2)3/h10-11H,5-9H2,1-4H3. The number of likely N-dealkylation sites (N-methyl/N-ethyl adjacent to an activating group) is 1. The number of carbonyl (C=O) groups excluding carboxylic acids is 1. The molecule has 0 saturated carbocycles. The number of hydrogen-bond donors (Lipinski definition) is 0. The lowest BCUT2D eigenvalue weighted by Crippen LogP contribution is -2.52. The third-order valence-corrected chi connectivity index (χ3v) is 2.98. The molecule has 0 aliphatic carbocycles. The maximum Gasteiger partial charge on any atom is 0.320 e. The van der Waals surface area contributed by atoms with E-state index in [2.05, 4.69) is 23.6 Å². The summed E-state index contributed by atoms with van der Waals surface area (Å²) in [5.74, 6) is -0.104. The average Bonchev–Trinajstić information content (AvgIpc) is 2.16. The van der Waals surface area contributed by atoms with Gasteiger partial charge >= 0.3 is 5.97 Å². The molecule has 1 fully saturated rings. The molecule has 1 heterocycles. The fraction of sp³-hybridized carbons (Fsp3) is 0.917. The van der Waals surface area contributed by atoms with Gasteiger partial charge in [-0.3, -0.25) is 14.6 Å². The van der Waals surface area contributed by atoms with Crippen molar-refractivity contribution in [3.05, 3.63) is 0 Å². The van der Waals surface area contributed by atoms with E-state index >= 15 is 0 Å². The third-order valence-electron chi connectivity index (χ3n) is 2.98. The van der Waals surface area contributed by atoms with Crippen molar-refractivity contribution in [1.29, 1.82) is 0 Å². The summed E-state index contributed by atoms with van der Waals surface area (Å²) in [4.78, 5) is 16.1. The summed E-state index contributed by atoms with van der Waals surface area (Å²) in [6.45, 7) is 12.7. The van der Waals surface area contributed by atoms with Crippen LogP contribution in [0.3, 0.4) is 0 Å². The molecule has 4 nitrogen and oxygen atoms in total. The molecule has 1 aliphatic heterocycles. The molecule has 1 unspecified atom stereocenters. The Bertz CT molecular complexity index is 231. The van der Waals surface area contributed by atoms with E-state index in [4.69, 9.17) is 4.74 Å². The van der Waals surface area contributed by atoms with Crippen molar-refractivity contribution in [2.75, 3.05) is 32.7 Å². The molecule has 0 aromatic rings. The third kappa shape index (κ3) is 4.10. The second-order valence-corrected chi connectivity index (χ2v) is 4.75. The van der Waals surface area contributed by atoms with Gasteiger partial charge in [-0.25, -0.2) is 0 Å². The van der Waals surface area contributed by atoms with Crippen LogP contribution in [0.4, 0.5) is 0 Å². The molecule has 1 saturated heterocycles. The van der Waals surface area contributed by atoms with Crippen molar-refractivity contribution in [2.24, 2.45) is 0 Å². The number of nitrogens with zero attached hydrogens (tertiary/aromatic N) is 2. The highest BCUT2D eigenvalue weighted by atomic mass is 16.5. The van der Waals surface area contributed by atoms with Crippen LogP contribution in [0.2, 0.25) is 0 Å². The molecule has 94 valence electrons. The van der Waals surface area contributed by atoms with Crippen LogP contribution in [-0.4, -0.2) is 60.6 Å². The van der Waals surface area contributed by atoms with Gasteiger partial charge in [-0.1, -0.05) is 6.92 Å². The summed E-state index contributed by atoms with van der Waals surface area (Å²) in [6, 6.07) is 0.533. The number of carbonyl (C=O) groups is 1. The van der Waals surface area contributed by atoms with Crippen molar-refractivity contribution in [3.63, 3.8) is 0 Å². The van der Waals surface area contributed by atoms with Crippen molar-refractivity contribution >= 4 is 5.97 Å². The number of ether oxygens (including phenoxy) is 1. The molecule has 4 heteroatoms. The summed E-state index contributed by atoms with van der Waals surface area (Å²) in [5, 5.41) is 0. The summed E-state index contributed by atoms with van der Waals surface area (Å²) >= 11 is 0. The van der Waals surface area contributed by atoms with E-state index in [1.54, 1.807) is 0 Å². The van der Waals surface area contributed by atoms with Gasteiger partial charge in [0.2, 0.25) is 0 Å². The normalized spacial score (nSPS) is 23.7. The lowest BCUT2D eigenvalue weighted by atomic mass is 10.2. The summed E-state index contributed by atoms with van der Waals surface area (Å²) in [5.41, 5.74) is 0. The molecule has 0 bridgehead atoms. The van der Waals surface area contributed by atoms with Gasteiger partial charge in [0, 0.05) is 25.7 Å². The van der Waals surface area contributed by atoms with Gasteiger partial charge in [0.15, 0.2) is 0 Å². The van der Waals surface area contributed by atoms with Crippen LogP contribution >= 0.6 is 0 Å². The van der Waals surface area contributed by atoms with Gasteiger partial charge in [0.1, 0.15) is 0 Å². The van der Waals surface area contributed by atoms with E-state index in [0.717, 1.165) is 26.2 Å². The summed E-state index contributed by atoms with van der Waals surface area (Å²) < 4.78 is 5.15. The van der Waals surface area contributed by atoms with Gasteiger partial charge in [0.25, 0.3) is 0 Å². The van der Waals surface area contributed by atoms with Crippen LogP contribution in [0.25, 0.3) is 0 Å². The first-order chi connectivity index (χ1) is 7.52. The van der Waals surface area contributed by atoms with Gasteiger partial charge in [-0.05, 0) is 27.3 Å². The Balaban J connectivity index is 2.32. The Labute approximate surface area is 98.5 Å². The maximum atomic E-state index is 11.5. The summed E-state index contributed by atoms with van der Waals surface area (Å²) in [7, 11) is 0. The predicted molar refractivity (Wildman–Crippen MR) is 64.4 cm³/mol. The van der Waals surface area contributed by atoms with Crippen LogP contribution in [0.1, 0.15) is 27.7 Å². The first kappa shape index (κ1) is 13.5. The van der Waals surface area contributed by atoms with E-state index in [1.807, 2.05) is 13.8 Å².